The number of carbonyl (C=O) groups excluding carboxylic acids is 1. The van der Waals surface area contributed by atoms with Gasteiger partial charge < -0.3 is 19.5 Å². The molecule has 5 rings (SSSR count). The molecule has 1 aromatic carbocycles. The van der Waals surface area contributed by atoms with Crippen LogP contribution in [-0.4, -0.2) is 52.3 Å². The molecular weight excluding hydrogens is 406 g/mol. The summed E-state index contributed by atoms with van der Waals surface area (Å²) in [7, 11) is 1.96. The summed E-state index contributed by atoms with van der Waals surface area (Å²) in [6.45, 7) is 2.94. The topological polar surface area (TPSA) is 100 Å². The highest BCUT2D eigenvalue weighted by Crippen LogP contribution is 2.29. The lowest BCUT2D eigenvalue weighted by atomic mass is 9.96. The van der Waals surface area contributed by atoms with Crippen LogP contribution in [0.3, 0.4) is 0 Å². The average molecular weight is 434 g/mol. The molecule has 2 aliphatic rings. The van der Waals surface area contributed by atoms with E-state index < -0.39 is 0 Å². The van der Waals surface area contributed by atoms with Gasteiger partial charge in [0.05, 0.1) is 0 Å². The van der Waals surface area contributed by atoms with Gasteiger partial charge in [-0.2, -0.15) is 4.98 Å². The fraction of sp³-hybridized carbons (Fsp3) is 0.435. The van der Waals surface area contributed by atoms with Gasteiger partial charge in [-0.3, -0.25) is 4.79 Å². The molecule has 9 nitrogen and oxygen atoms in total. The second-order valence-corrected chi connectivity index (χ2v) is 8.47. The van der Waals surface area contributed by atoms with Gasteiger partial charge >= 0.3 is 0 Å². The normalized spacial score (nSPS) is 17.2. The number of amides is 1. The average Bonchev–Trinajstić information content (AvgIpc) is 3.21. The Morgan fingerprint density at radius 1 is 1.12 bits per heavy atom. The Bertz CT molecular complexity index is 1120. The molecule has 32 heavy (non-hydrogen) atoms. The van der Waals surface area contributed by atoms with E-state index in [-0.39, 0.29) is 5.91 Å². The number of anilines is 3. The van der Waals surface area contributed by atoms with Gasteiger partial charge in [-0.1, -0.05) is 25.3 Å². The summed E-state index contributed by atoms with van der Waals surface area (Å²) in [4.78, 5) is 26.5. The van der Waals surface area contributed by atoms with E-state index in [9.17, 15) is 4.79 Å². The first-order chi connectivity index (χ1) is 15.6. The zero-order chi connectivity index (χ0) is 22.1. The third-order valence-corrected chi connectivity index (χ3v) is 6.13. The SMILES string of the molecule is Cc1nnc(-c2cccc(N3CCN(C)c4nc(NC5CCCCC5)ncc4C3=O)c2)o1. The molecule has 1 amide bonds. The van der Waals surface area contributed by atoms with Gasteiger partial charge in [0, 0.05) is 50.6 Å². The van der Waals surface area contributed by atoms with E-state index in [1.54, 1.807) is 18.0 Å². The minimum absolute atomic E-state index is 0.118. The van der Waals surface area contributed by atoms with E-state index in [0.29, 0.717) is 48.2 Å². The lowest BCUT2D eigenvalue weighted by Crippen LogP contribution is -2.33. The standard InChI is InChI=1S/C23H27N7O2/c1-15-27-28-21(32-15)16-7-6-10-18(13-16)30-12-11-29(2)20-19(22(30)31)14-24-23(26-20)25-17-8-4-3-5-9-17/h6-7,10,13-14,17H,3-5,8-9,11-12H2,1-2H3,(H,24,25,26). The Morgan fingerprint density at radius 3 is 2.75 bits per heavy atom. The molecule has 0 radical (unpaired) electrons. The van der Waals surface area contributed by atoms with Crippen molar-refractivity contribution < 1.29 is 9.21 Å². The molecule has 3 heterocycles. The quantitative estimate of drug-likeness (QED) is 0.665. The smallest absolute Gasteiger partial charge is 0.263 e. The molecule has 1 aliphatic carbocycles. The Labute approximate surface area is 186 Å². The minimum Gasteiger partial charge on any atom is -0.421 e. The Morgan fingerprint density at radius 2 is 1.97 bits per heavy atom. The summed E-state index contributed by atoms with van der Waals surface area (Å²) in [6.07, 6.45) is 7.69. The molecule has 0 saturated heterocycles. The number of nitrogens with one attached hydrogen (secondary N) is 1. The van der Waals surface area contributed by atoms with E-state index in [0.717, 1.165) is 24.1 Å². The number of fused-ring (bicyclic) bond motifs is 1. The van der Waals surface area contributed by atoms with Gasteiger partial charge in [-0.15, -0.1) is 10.2 Å². The van der Waals surface area contributed by atoms with Crippen LogP contribution in [0.2, 0.25) is 0 Å². The summed E-state index contributed by atoms with van der Waals surface area (Å²) in [6, 6.07) is 8.00. The molecule has 1 fully saturated rings. The predicted molar refractivity (Wildman–Crippen MR) is 122 cm³/mol. The zero-order valence-corrected chi connectivity index (χ0v) is 18.4. The number of aryl methyl sites for hydroxylation is 1. The summed E-state index contributed by atoms with van der Waals surface area (Å²) in [5.41, 5.74) is 2.05. The largest absolute Gasteiger partial charge is 0.421 e. The monoisotopic (exact) mass is 433 g/mol. The lowest BCUT2D eigenvalue weighted by molar-refractivity contribution is 0.0989. The van der Waals surface area contributed by atoms with Crippen molar-refractivity contribution in [3.8, 4) is 11.5 Å². The number of benzene rings is 1. The number of carbonyl (C=O) groups is 1. The van der Waals surface area contributed by atoms with Crippen molar-refractivity contribution in [1.82, 2.24) is 20.2 Å². The van der Waals surface area contributed by atoms with Crippen molar-refractivity contribution in [2.45, 2.75) is 45.1 Å². The van der Waals surface area contributed by atoms with Gasteiger partial charge in [0.25, 0.3) is 5.91 Å². The number of likely N-dealkylation sites (N-methyl/N-ethyl adjacent to an activating group) is 1. The molecule has 0 bridgehead atoms. The lowest BCUT2D eigenvalue weighted by Gasteiger charge is -2.23. The van der Waals surface area contributed by atoms with E-state index >= 15 is 0 Å². The van der Waals surface area contributed by atoms with Crippen molar-refractivity contribution in [1.29, 1.82) is 0 Å². The second kappa shape index (κ2) is 8.57. The van der Waals surface area contributed by atoms with Crippen molar-refractivity contribution in [2.24, 2.45) is 0 Å². The maximum Gasteiger partial charge on any atom is 0.263 e. The first kappa shape index (κ1) is 20.4. The van der Waals surface area contributed by atoms with Crippen LogP contribution in [0.25, 0.3) is 11.5 Å². The molecule has 0 unspecified atom stereocenters. The summed E-state index contributed by atoms with van der Waals surface area (Å²) in [5.74, 6) is 2.08. The Balaban J connectivity index is 1.42. The molecular formula is C23H27N7O2. The molecule has 0 atom stereocenters. The molecule has 1 saturated carbocycles. The maximum atomic E-state index is 13.5. The number of rotatable bonds is 4. The molecule has 166 valence electrons. The first-order valence-corrected chi connectivity index (χ1v) is 11.2. The van der Waals surface area contributed by atoms with Crippen molar-refractivity contribution in [3.05, 3.63) is 41.9 Å². The van der Waals surface area contributed by atoms with Crippen LogP contribution < -0.4 is 15.1 Å². The predicted octanol–water partition coefficient (Wildman–Crippen LogP) is 3.68. The number of hydrogen-bond acceptors (Lipinski definition) is 8. The van der Waals surface area contributed by atoms with Crippen LogP contribution >= 0.6 is 0 Å². The fourth-order valence-corrected chi connectivity index (χ4v) is 4.38. The van der Waals surface area contributed by atoms with Crippen LogP contribution in [0.15, 0.2) is 34.9 Å². The highest BCUT2D eigenvalue weighted by Gasteiger charge is 2.28. The van der Waals surface area contributed by atoms with Crippen LogP contribution in [0.1, 0.15) is 48.4 Å². The number of hydrogen-bond donors (Lipinski definition) is 1. The Kier molecular flexibility index (Phi) is 5.46. The van der Waals surface area contributed by atoms with Crippen molar-refractivity contribution in [3.63, 3.8) is 0 Å². The van der Waals surface area contributed by atoms with E-state index in [2.05, 4.69) is 20.5 Å². The van der Waals surface area contributed by atoms with Gasteiger partial charge in [0.2, 0.25) is 17.7 Å². The maximum absolute atomic E-state index is 13.5. The van der Waals surface area contributed by atoms with Crippen LogP contribution in [0, 0.1) is 6.92 Å². The fourth-order valence-electron chi connectivity index (χ4n) is 4.38. The Hall–Kier alpha value is -3.49. The third-order valence-electron chi connectivity index (χ3n) is 6.13. The number of nitrogens with zero attached hydrogens (tertiary/aromatic N) is 6. The zero-order valence-electron chi connectivity index (χ0n) is 18.4. The molecule has 1 N–H and O–H groups in total. The van der Waals surface area contributed by atoms with Gasteiger partial charge in [0.15, 0.2) is 0 Å². The van der Waals surface area contributed by atoms with Crippen molar-refractivity contribution in [2.75, 3.05) is 35.3 Å². The molecule has 2 aromatic heterocycles. The van der Waals surface area contributed by atoms with Gasteiger partial charge in [0.1, 0.15) is 11.4 Å². The highest BCUT2D eigenvalue weighted by molar-refractivity contribution is 6.09. The second-order valence-electron chi connectivity index (χ2n) is 8.47. The van der Waals surface area contributed by atoms with E-state index in [1.807, 2.05) is 36.2 Å². The van der Waals surface area contributed by atoms with Crippen LogP contribution in [0.4, 0.5) is 17.5 Å². The minimum atomic E-state index is -0.118. The van der Waals surface area contributed by atoms with Crippen LogP contribution in [0.5, 0.6) is 0 Å². The molecule has 9 heteroatoms. The van der Waals surface area contributed by atoms with Crippen molar-refractivity contribution >= 4 is 23.4 Å². The van der Waals surface area contributed by atoms with Gasteiger partial charge in [-0.05, 0) is 31.0 Å². The number of aromatic nitrogens is 4. The van der Waals surface area contributed by atoms with E-state index in [4.69, 9.17) is 9.40 Å². The highest BCUT2D eigenvalue weighted by atomic mass is 16.4. The third kappa shape index (κ3) is 4.02. The summed E-state index contributed by atoms with van der Waals surface area (Å²) in [5, 5.41) is 11.4. The van der Waals surface area contributed by atoms with Crippen LogP contribution in [-0.2, 0) is 0 Å². The summed E-state index contributed by atoms with van der Waals surface area (Å²) >= 11 is 0. The molecule has 1 aliphatic heterocycles. The summed E-state index contributed by atoms with van der Waals surface area (Å²) < 4.78 is 5.55. The molecule has 0 spiro atoms. The molecule has 3 aromatic rings. The van der Waals surface area contributed by atoms with E-state index in [1.165, 1.54) is 19.3 Å². The first-order valence-electron chi connectivity index (χ1n) is 11.2. The van der Waals surface area contributed by atoms with Gasteiger partial charge in [-0.25, -0.2) is 4.98 Å².